The first-order chi connectivity index (χ1) is 13.5. The SMILES string of the molecule is CCOc1ccc(C=C(Cl)c2nnc(C(=O)NCc3ccc(C)cc3)s2)cc1. The predicted molar refractivity (Wildman–Crippen MR) is 114 cm³/mol. The first-order valence-electron chi connectivity index (χ1n) is 8.83. The van der Waals surface area contributed by atoms with Crippen molar-refractivity contribution in [2.75, 3.05) is 6.61 Å². The first-order valence-corrected chi connectivity index (χ1v) is 10.0. The summed E-state index contributed by atoms with van der Waals surface area (Å²) < 4.78 is 5.42. The van der Waals surface area contributed by atoms with Gasteiger partial charge in [0.25, 0.3) is 5.91 Å². The lowest BCUT2D eigenvalue weighted by atomic mass is 10.1. The van der Waals surface area contributed by atoms with Gasteiger partial charge >= 0.3 is 0 Å². The van der Waals surface area contributed by atoms with Gasteiger partial charge in [-0.15, -0.1) is 10.2 Å². The molecule has 0 saturated carbocycles. The van der Waals surface area contributed by atoms with Gasteiger partial charge in [0.1, 0.15) is 5.75 Å². The molecule has 1 aromatic heterocycles. The van der Waals surface area contributed by atoms with Gasteiger partial charge in [0.2, 0.25) is 5.01 Å². The molecular weight excluding hydrogens is 394 g/mol. The molecule has 0 spiro atoms. The Bertz CT molecular complexity index is 966. The minimum Gasteiger partial charge on any atom is -0.494 e. The summed E-state index contributed by atoms with van der Waals surface area (Å²) in [5.41, 5.74) is 3.11. The lowest BCUT2D eigenvalue weighted by molar-refractivity contribution is 0.0950. The molecule has 3 aromatic rings. The second-order valence-electron chi connectivity index (χ2n) is 6.07. The molecule has 0 aliphatic carbocycles. The van der Waals surface area contributed by atoms with Crippen molar-refractivity contribution in [2.45, 2.75) is 20.4 Å². The third kappa shape index (κ3) is 5.41. The van der Waals surface area contributed by atoms with Gasteiger partial charge in [0.05, 0.1) is 11.6 Å². The topological polar surface area (TPSA) is 64.1 Å². The largest absolute Gasteiger partial charge is 0.494 e. The van der Waals surface area contributed by atoms with Gasteiger partial charge in [-0.1, -0.05) is 64.9 Å². The highest BCUT2D eigenvalue weighted by Gasteiger charge is 2.14. The second kappa shape index (κ2) is 9.48. The van der Waals surface area contributed by atoms with E-state index in [0.717, 1.165) is 28.2 Å². The number of hydrogen-bond acceptors (Lipinski definition) is 5. The minimum atomic E-state index is -0.269. The quantitative estimate of drug-likeness (QED) is 0.597. The number of nitrogens with zero attached hydrogens (tertiary/aromatic N) is 2. The number of carbonyl (C=O) groups excluding carboxylic acids is 1. The molecule has 7 heteroatoms. The normalized spacial score (nSPS) is 11.3. The molecule has 144 valence electrons. The zero-order valence-electron chi connectivity index (χ0n) is 15.6. The van der Waals surface area contributed by atoms with Crippen molar-refractivity contribution in [1.29, 1.82) is 0 Å². The molecule has 0 atom stereocenters. The van der Waals surface area contributed by atoms with E-state index in [1.165, 1.54) is 5.56 Å². The highest BCUT2D eigenvalue weighted by Crippen LogP contribution is 2.26. The van der Waals surface area contributed by atoms with Crippen LogP contribution in [0.3, 0.4) is 0 Å². The van der Waals surface area contributed by atoms with Crippen LogP contribution in [0.4, 0.5) is 0 Å². The van der Waals surface area contributed by atoms with Gasteiger partial charge in [-0.25, -0.2) is 0 Å². The Kier molecular flexibility index (Phi) is 6.79. The number of halogens is 1. The minimum absolute atomic E-state index is 0.269. The molecule has 1 amide bonds. The fourth-order valence-electron chi connectivity index (χ4n) is 2.41. The average Bonchev–Trinajstić information content (AvgIpc) is 3.19. The number of ether oxygens (including phenoxy) is 1. The Morgan fingerprint density at radius 2 is 1.79 bits per heavy atom. The molecule has 2 aromatic carbocycles. The van der Waals surface area contributed by atoms with E-state index in [1.54, 1.807) is 6.08 Å². The van der Waals surface area contributed by atoms with Crippen molar-refractivity contribution in [2.24, 2.45) is 0 Å². The maximum atomic E-state index is 12.3. The number of rotatable bonds is 7. The van der Waals surface area contributed by atoms with Gasteiger partial charge in [0, 0.05) is 6.54 Å². The molecule has 0 radical (unpaired) electrons. The smallest absolute Gasteiger partial charge is 0.282 e. The van der Waals surface area contributed by atoms with Gasteiger partial charge < -0.3 is 10.1 Å². The van der Waals surface area contributed by atoms with E-state index in [4.69, 9.17) is 16.3 Å². The fraction of sp³-hybridized carbons (Fsp3) is 0.190. The van der Waals surface area contributed by atoms with E-state index < -0.39 is 0 Å². The summed E-state index contributed by atoms with van der Waals surface area (Å²) in [6, 6.07) is 15.6. The zero-order chi connectivity index (χ0) is 19.9. The van der Waals surface area contributed by atoms with Crippen LogP contribution < -0.4 is 10.1 Å². The Labute approximate surface area is 173 Å². The maximum Gasteiger partial charge on any atom is 0.282 e. The summed E-state index contributed by atoms with van der Waals surface area (Å²) >= 11 is 7.51. The highest BCUT2D eigenvalue weighted by atomic mass is 35.5. The molecule has 1 heterocycles. The van der Waals surface area contributed by atoms with Crippen molar-refractivity contribution in [3.63, 3.8) is 0 Å². The number of nitrogens with one attached hydrogen (secondary N) is 1. The van der Waals surface area contributed by atoms with Crippen LogP contribution in [-0.2, 0) is 6.54 Å². The number of aromatic nitrogens is 2. The highest BCUT2D eigenvalue weighted by molar-refractivity contribution is 7.15. The van der Waals surface area contributed by atoms with Crippen LogP contribution >= 0.6 is 22.9 Å². The van der Waals surface area contributed by atoms with Gasteiger partial charge in [-0.2, -0.15) is 0 Å². The summed E-state index contributed by atoms with van der Waals surface area (Å²) in [4.78, 5) is 12.3. The maximum absolute atomic E-state index is 12.3. The van der Waals surface area contributed by atoms with E-state index in [-0.39, 0.29) is 10.9 Å². The zero-order valence-corrected chi connectivity index (χ0v) is 17.2. The molecule has 0 aliphatic heterocycles. The molecule has 0 aliphatic rings. The molecule has 1 N–H and O–H groups in total. The third-order valence-electron chi connectivity index (χ3n) is 3.88. The summed E-state index contributed by atoms with van der Waals surface area (Å²) in [7, 11) is 0. The van der Waals surface area contributed by atoms with E-state index in [0.29, 0.717) is 23.2 Å². The van der Waals surface area contributed by atoms with E-state index >= 15 is 0 Å². The van der Waals surface area contributed by atoms with Gasteiger partial charge in [-0.05, 0) is 43.2 Å². The Hall–Kier alpha value is -2.70. The standard InChI is InChI=1S/C21H20ClN3O2S/c1-3-27-17-10-8-15(9-11-17)12-18(22)20-24-25-21(28-20)19(26)23-13-16-6-4-14(2)5-7-16/h4-12H,3,13H2,1-2H3,(H,23,26). The number of benzene rings is 2. The molecule has 5 nitrogen and oxygen atoms in total. The molecule has 28 heavy (non-hydrogen) atoms. The Morgan fingerprint density at radius 3 is 2.46 bits per heavy atom. The Morgan fingerprint density at radius 1 is 1.11 bits per heavy atom. The fourth-order valence-corrected chi connectivity index (χ4v) is 3.36. The number of amides is 1. The average molecular weight is 414 g/mol. The number of hydrogen-bond donors (Lipinski definition) is 1. The van der Waals surface area contributed by atoms with Crippen LogP contribution in [0.25, 0.3) is 11.1 Å². The number of aryl methyl sites for hydroxylation is 1. The van der Waals surface area contributed by atoms with E-state index in [2.05, 4.69) is 15.5 Å². The van der Waals surface area contributed by atoms with Crippen molar-refractivity contribution < 1.29 is 9.53 Å². The van der Waals surface area contributed by atoms with Crippen molar-refractivity contribution in [1.82, 2.24) is 15.5 Å². The van der Waals surface area contributed by atoms with Crippen LogP contribution in [0.2, 0.25) is 0 Å². The first kappa shape index (κ1) is 20.0. The van der Waals surface area contributed by atoms with Crippen molar-refractivity contribution in [3.05, 3.63) is 75.2 Å². The Balaban J connectivity index is 1.63. The van der Waals surface area contributed by atoms with Crippen molar-refractivity contribution in [3.8, 4) is 5.75 Å². The van der Waals surface area contributed by atoms with Crippen LogP contribution in [-0.4, -0.2) is 22.7 Å². The summed E-state index contributed by atoms with van der Waals surface area (Å²) in [6.45, 7) is 5.02. The lowest BCUT2D eigenvalue weighted by Crippen LogP contribution is -2.22. The van der Waals surface area contributed by atoms with Gasteiger partial charge in [0.15, 0.2) is 5.01 Å². The van der Waals surface area contributed by atoms with Crippen LogP contribution in [0.1, 0.15) is 38.4 Å². The van der Waals surface area contributed by atoms with Crippen LogP contribution in [0, 0.1) is 6.92 Å². The van der Waals surface area contributed by atoms with E-state index in [1.807, 2.05) is 62.4 Å². The summed E-state index contributed by atoms with van der Waals surface area (Å²) in [5, 5.41) is 12.0. The summed E-state index contributed by atoms with van der Waals surface area (Å²) in [5.74, 6) is 0.536. The van der Waals surface area contributed by atoms with Crippen LogP contribution in [0.15, 0.2) is 48.5 Å². The molecule has 0 fully saturated rings. The third-order valence-corrected chi connectivity index (χ3v) is 5.24. The van der Waals surface area contributed by atoms with Crippen LogP contribution in [0.5, 0.6) is 5.75 Å². The van der Waals surface area contributed by atoms with Crippen molar-refractivity contribution >= 4 is 40.0 Å². The summed E-state index contributed by atoms with van der Waals surface area (Å²) in [6.07, 6.45) is 1.78. The number of carbonyl (C=O) groups is 1. The predicted octanol–water partition coefficient (Wildman–Crippen LogP) is 4.91. The molecule has 0 unspecified atom stereocenters. The lowest BCUT2D eigenvalue weighted by Gasteiger charge is -2.03. The second-order valence-corrected chi connectivity index (χ2v) is 7.46. The molecular formula is C21H20ClN3O2S. The molecule has 3 rings (SSSR count). The molecule has 0 bridgehead atoms. The monoisotopic (exact) mass is 413 g/mol. The van der Waals surface area contributed by atoms with E-state index in [9.17, 15) is 4.79 Å². The molecule has 0 saturated heterocycles. The van der Waals surface area contributed by atoms with Gasteiger partial charge in [-0.3, -0.25) is 4.79 Å².